The molecule has 0 saturated heterocycles. The van der Waals surface area contributed by atoms with Crippen LogP contribution in [-0.2, 0) is 13.0 Å². The molecule has 2 aliphatic carbocycles. The van der Waals surface area contributed by atoms with Crippen molar-refractivity contribution in [2.45, 2.75) is 18.9 Å². The number of amides is 2. The van der Waals surface area contributed by atoms with Crippen molar-refractivity contribution < 1.29 is 4.79 Å². The van der Waals surface area contributed by atoms with Crippen LogP contribution in [0.1, 0.15) is 22.7 Å². The summed E-state index contributed by atoms with van der Waals surface area (Å²) in [6.07, 6.45) is 1.16. The Hall–Kier alpha value is -2.56. The van der Waals surface area contributed by atoms with Crippen LogP contribution in [0.25, 0.3) is 0 Å². The van der Waals surface area contributed by atoms with Crippen LogP contribution in [0.2, 0.25) is 0 Å². The number of carbonyl (C=O) groups is 1. The van der Waals surface area contributed by atoms with Gasteiger partial charge in [0.25, 0.3) is 0 Å². The molecule has 0 unspecified atom stereocenters. The van der Waals surface area contributed by atoms with Gasteiger partial charge in [0, 0.05) is 20.6 Å². The Morgan fingerprint density at radius 3 is 2.84 bits per heavy atom. The highest BCUT2D eigenvalue weighted by molar-refractivity contribution is 5.73. The molecule has 1 saturated carbocycles. The first-order chi connectivity index (χ1) is 12.1. The predicted molar refractivity (Wildman–Crippen MR) is 98.7 cm³/mol. The van der Waals surface area contributed by atoms with E-state index in [1.54, 1.807) is 0 Å². The molecule has 130 valence electrons. The van der Waals surface area contributed by atoms with Gasteiger partial charge in [-0.3, -0.25) is 0 Å². The number of nitrogens with zero attached hydrogens (tertiary/aromatic N) is 2. The summed E-state index contributed by atoms with van der Waals surface area (Å²) < 4.78 is 0. The minimum Gasteiger partial charge on any atom is -0.363 e. The third-order valence-electron chi connectivity index (χ3n) is 5.38. The van der Waals surface area contributed by atoms with Gasteiger partial charge in [0.05, 0.1) is 12.2 Å². The molecule has 2 amide bonds. The maximum absolute atomic E-state index is 12.1. The number of benzene rings is 1. The average molecular weight is 336 g/mol. The van der Waals surface area contributed by atoms with E-state index >= 15 is 0 Å². The van der Waals surface area contributed by atoms with Gasteiger partial charge in [-0.15, -0.1) is 0 Å². The number of pyridine rings is 1. The molecule has 0 spiro atoms. The molecule has 1 heterocycles. The maximum Gasteiger partial charge on any atom is 0.315 e. The van der Waals surface area contributed by atoms with Crippen molar-refractivity contribution in [3.8, 4) is 0 Å². The summed E-state index contributed by atoms with van der Waals surface area (Å²) >= 11 is 0. The molecule has 1 fully saturated rings. The van der Waals surface area contributed by atoms with E-state index < -0.39 is 0 Å². The van der Waals surface area contributed by atoms with Crippen molar-refractivity contribution >= 4 is 11.8 Å². The zero-order valence-electron chi connectivity index (χ0n) is 14.7. The first kappa shape index (κ1) is 15.9. The molecule has 1 aromatic heterocycles. The van der Waals surface area contributed by atoms with Gasteiger partial charge in [0.1, 0.15) is 5.82 Å². The number of nitrogens with one attached hydrogen (secondary N) is 2. The number of hydrogen-bond acceptors (Lipinski definition) is 3. The fourth-order valence-electron chi connectivity index (χ4n) is 4.02. The quantitative estimate of drug-likeness (QED) is 0.882. The van der Waals surface area contributed by atoms with Crippen molar-refractivity contribution in [1.29, 1.82) is 0 Å². The van der Waals surface area contributed by atoms with E-state index in [1.807, 2.05) is 37.2 Å². The van der Waals surface area contributed by atoms with Gasteiger partial charge in [-0.2, -0.15) is 0 Å². The monoisotopic (exact) mass is 336 g/mol. The average Bonchev–Trinajstić information content (AvgIpc) is 3.16. The van der Waals surface area contributed by atoms with Gasteiger partial charge in [-0.1, -0.05) is 30.3 Å². The van der Waals surface area contributed by atoms with Gasteiger partial charge in [0.2, 0.25) is 0 Å². The van der Waals surface area contributed by atoms with Crippen LogP contribution >= 0.6 is 0 Å². The maximum atomic E-state index is 12.1. The Balaban J connectivity index is 1.24. The molecule has 0 aliphatic heterocycles. The van der Waals surface area contributed by atoms with Crippen LogP contribution in [0.5, 0.6) is 0 Å². The lowest BCUT2D eigenvalue weighted by Crippen LogP contribution is -2.36. The minimum absolute atomic E-state index is 0.115. The predicted octanol–water partition coefficient (Wildman–Crippen LogP) is 2.53. The van der Waals surface area contributed by atoms with Crippen LogP contribution < -0.4 is 15.5 Å². The Kier molecular flexibility index (Phi) is 4.07. The number of rotatable bonds is 5. The molecule has 4 rings (SSSR count). The molecule has 0 radical (unpaired) electrons. The lowest BCUT2D eigenvalue weighted by Gasteiger charge is -2.13. The summed E-state index contributed by atoms with van der Waals surface area (Å²) in [5, 5.41) is 5.93. The topological polar surface area (TPSA) is 57.3 Å². The van der Waals surface area contributed by atoms with Crippen LogP contribution in [0.3, 0.4) is 0 Å². The Morgan fingerprint density at radius 1 is 1.16 bits per heavy atom. The summed E-state index contributed by atoms with van der Waals surface area (Å²) in [7, 11) is 3.91. The normalized spacial score (nSPS) is 22.7. The smallest absolute Gasteiger partial charge is 0.315 e. The summed E-state index contributed by atoms with van der Waals surface area (Å²) in [4.78, 5) is 18.5. The largest absolute Gasteiger partial charge is 0.363 e. The van der Waals surface area contributed by atoms with E-state index in [0.29, 0.717) is 18.4 Å². The van der Waals surface area contributed by atoms with Gasteiger partial charge in [-0.25, -0.2) is 9.78 Å². The fraction of sp³-hybridized carbons (Fsp3) is 0.400. The first-order valence-electron chi connectivity index (χ1n) is 8.86. The number of anilines is 1. The first-order valence-corrected chi connectivity index (χ1v) is 8.86. The standard InChI is InChI=1S/C20H24N4O/c1-24(2)18-9-5-7-14(23-18)11-21-20(25)22-12-17-16-10-13-6-3-4-8-15(13)19(16)17/h3-9,16-17,19H,10-12H2,1-2H3,(H2,21,22,25)/t16-,17+,19+/m0/s1. The summed E-state index contributed by atoms with van der Waals surface area (Å²) in [6.45, 7) is 1.19. The summed E-state index contributed by atoms with van der Waals surface area (Å²) in [5.41, 5.74) is 3.84. The number of fused-ring (bicyclic) bond motifs is 3. The van der Waals surface area contributed by atoms with Gasteiger partial charge >= 0.3 is 6.03 Å². The van der Waals surface area contributed by atoms with Crippen molar-refractivity contribution in [2.75, 3.05) is 25.5 Å². The molecule has 3 atom stereocenters. The van der Waals surface area contributed by atoms with Gasteiger partial charge in [-0.05, 0) is 47.4 Å². The Morgan fingerprint density at radius 2 is 2.00 bits per heavy atom. The van der Waals surface area contributed by atoms with Gasteiger partial charge in [0.15, 0.2) is 0 Å². The van der Waals surface area contributed by atoms with Crippen LogP contribution in [0.4, 0.5) is 10.6 Å². The molecule has 2 aromatic rings. The number of carbonyl (C=O) groups excluding carboxylic acids is 1. The summed E-state index contributed by atoms with van der Waals surface area (Å²) in [5.74, 6) is 2.85. The third-order valence-corrected chi connectivity index (χ3v) is 5.38. The second kappa shape index (κ2) is 6.39. The third kappa shape index (κ3) is 3.18. The van der Waals surface area contributed by atoms with Crippen LogP contribution in [-0.4, -0.2) is 31.7 Å². The molecule has 5 heteroatoms. The highest BCUT2D eigenvalue weighted by Crippen LogP contribution is 2.60. The Labute approximate surface area is 148 Å². The second-order valence-electron chi connectivity index (χ2n) is 7.20. The van der Waals surface area contributed by atoms with E-state index in [0.717, 1.165) is 30.4 Å². The van der Waals surface area contributed by atoms with Crippen molar-refractivity contribution in [3.05, 3.63) is 59.3 Å². The molecule has 2 N–H and O–H groups in total. The highest BCUT2D eigenvalue weighted by Gasteiger charge is 2.54. The van der Waals surface area contributed by atoms with Crippen molar-refractivity contribution in [3.63, 3.8) is 0 Å². The number of urea groups is 1. The summed E-state index contributed by atoms with van der Waals surface area (Å²) in [6, 6.07) is 14.4. The van der Waals surface area contributed by atoms with E-state index in [2.05, 4.69) is 39.9 Å². The molecule has 1 aromatic carbocycles. The molecule has 2 aliphatic rings. The van der Waals surface area contributed by atoms with Crippen LogP contribution in [0.15, 0.2) is 42.5 Å². The zero-order valence-corrected chi connectivity index (χ0v) is 14.7. The SMILES string of the molecule is CN(C)c1cccc(CNC(=O)NC[C@@H]2[C@@H]3Cc4ccccc4[C@@H]23)n1. The molecular weight excluding hydrogens is 312 g/mol. The number of aromatic nitrogens is 1. The molecule has 25 heavy (non-hydrogen) atoms. The molecular formula is C20H24N4O. The molecule has 0 bridgehead atoms. The lowest BCUT2D eigenvalue weighted by molar-refractivity contribution is 0.239. The lowest BCUT2D eigenvalue weighted by atomic mass is 10.0. The Bertz CT molecular complexity index is 789. The molecule has 5 nitrogen and oxygen atoms in total. The van der Waals surface area contributed by atoms with Crippen molar-refractivity contribution in [2.24, 2.45) is 11.8 Å². The zero-order chi connectivity index (χ0) is 17.4. The van der Waals surface area contributed by atoms with E-state index in [1.165, 1.54) is 11.1 Å². The minimum atomic E-state index is -0.115. The van der Waals surface area contributed by atoms with E-state index in [9.17, 15) is 4.79 Å². The van der Waals surface area contributed by atoms with Crippen LogP contribution in [0, 0.1) is 11.8 Å². The van der Waals surface area contributed by atoms with E-state index in [-0.39, 0.29) is 6.03 Å². The second-order valence-corrected chi connectivity index (χ2v) is 7.20. The number of hydrogen-bond donors (Lipinski definition) is 2. The highest BCUT2D eigenvalue weighted by atomic mass is 16.2. The van der Waals surface area contributed by atoms with E-state index in [4.69, 9.17) is 0 Å². The van der Waals surface area contributed by atoms with Crippen molar-refractivity contribution in [1.82, 2.24) is 15.6 Å². The fourth-order valence-corrected chi connectivity index (χ4v) is 4.02. The van der Waals surface area contributed by atoms with Gasteiger partial charge < -0.3 is 15.5 Å².